The molecule has 2 heterocycles. The van der Waals surface area contributed by atoms with Crippen molar-refractivity contribution >= 4 is 11.9 Å². The van der Waals surface area contributed by atoms with E-state index < -0.39 is 0 Å². The Morgan fingerprint density at radius 1 is 1.47 bits per heavy atom. The van der Waals surface area contributed by atoms with Gasteiger partial charge in [0.2, 0.25) is 5.95 Å². The van der Waals surface area contributed by atoms with Gasteiger partial charge in [-0.05, 0) is 18.9 Å². The summed E-state index contributed by atoms with van der Waals surface area (Å²) in [6, 6.07) is 1.84. The quantitative estimate of drug-likeness (QED) is 0.915. The number of rotatable bonds is 4. The predicted octanol–water partition coefficient (Wildman–Crippen LogP) is 2.01. The minimum Gasteiger partial charge on any atom is -0.320 e. The highest BCUT2D eigenvalue weighted by Gasteiger charge is 2.17. The number of imidazole rings is 1. The van der Waals surface area contributed by atoms with Crippen LogP contribution in [0.25, 0.3) is 0 Å². The van der Waals surface area contributed by atoms with Crippen LogP contribution in [0.3, 0.4) is 0 Å². The van der Waals surface area contributed by atoms with Crippen molar-refractivity contribution in [3.8, 4) is 0 Å². The van der Waals surface area contributed by atoms with Gasteiger partial charge in [-0.2, -0.15) is 5.10 Å². The second-order valence-corrected chi connectivity index (χ2v) is 4.74. The molecular weight excluding hydrogens is 242 g/mol. The van der Waals surface area contributed by atoms with Crippen molar-refractivity contribution in [2.45, 2.75) is 33.2 Å². The summed E-state index contributed by atoms with van der Waals surface area (Å²) in [7, 11) is 1.83. The smallest absolute Gasteiger partial charge is 0.276 e. The van der Waals surface area contributed by atoms with Gasteiger partial charge in [-0.25, -0.2) is 4.98 Å². The number of anilines is 1. The third-order valence-electron chi connectivity index (χ3n) is 2.97. The highest BCUT2D eigenvalue weighted by molar-refractivity contribution is 6.02. The Morgan fingerprint density at radius 2 is 2.21 bits per heavy atom. The number of nitrogens with zero attached hydrogens (tertiary/aromatic N) is 4. The van der Waals surface area contributed by atoms with Gasteiger partial charge in [-0.15, -0.1) is 0 Å². The number of carbonyl (C=O) groups is 1. The lowest BCUT2D eigenvalue weighted by Crippen LogP contribution is -2.19. The molecule has 2 aromatic rings. The fourth-order valence-electron chi connectivity index (χ4n) is 1.79. The maximum absolute atomic E-state index is 12.3. The summed E-state index contributed by atoms with van der Waals surface area (Å²) < 4.78 is 3.47. The first-order valence-electron chi connectivity index (χ1n) is 6.39. The van der Waals surface area contributed by atoms with Crippen molar-refractivity contribution in [2.75, 3.05) is 5.32 Å². The first-order valence-corrected chi connectivity index (χ1v) is 6.39. The number of nitrogens with one attached hydrogen (secondary N) is 1. The van der Waals surface area contributed by atoms with E-state index in [1.807, 2.05) is 20.0 Å². The van der Waals surface area contributed by atoms with Gasteiger partial charge < -0.3 is 4.57 Å². The zero-order chi connectivity index (χ0) is 14.0. The second kappa shape index (κ2) is 5.26. The van der Waals surface area contributed by atoms with E-state index >= 15 is 0 Å². The van der Waals surface area contributed by atoms with E-state index in [9.17, 15) is 4.79 Å². The van der Waals surface area contributed by atoms with Gasteiger partial charge in [0.25, 0.3) is 5.91 Å². The van der Waals surface area contributed by atoms with E-state index in [-0.39, 0.29) is 5.91 Å². The van der Waals surface area contributed by atoms with Crippen molar-refractivity contribution < 1.29 is 4.79 Å². The summed E-state index contributed by atoms with van der Waals surface area (Å²) >= 11 is 0. The summed E-state index contributed by atoms with van der Waals surface area (Å²) in [6.45, 7) is 6.75. The van der Waals surface area contributed by atoms with Crippen LogP contribution in [-0.4, -0.2) is 25.2 Å². The van der Waals surface area contributed by atoms with E-state index in [4.69, 9.17) is 0 Å². The summed E-state index contributed by atoms with van der Waals surface area (Å²) in [5.41, 5.74) is 1.49. The monoisotopic (exact) mass is 261 g/mol. The normalized spacial score (nSPS) is 11.0. The zero-order valence-corrected chi connectivity index (χ0v) is 11.7. The van der Waals surface area contributed by atoms with Crippen molar-refractivity contribution in [3.63, 3.8) is 0 Å². The molecule has 0 unspecified atom stereocenters. The lowest BCUT2D eigenvalue weighted by Gasteiger charge is -2.05. The zero-order valence-electron chi connectivity index (χ0n) is 11.7. The second-order valence-electron chi connectivity index (χ2n) is 4.74. The van der Waals surface area contributed by atoms with Crippen LogP contribution in [0.5, 0.6) is 0 Å². The number of aryl methyl sites for hydroxylation is 2. The van der Waals surface area contributed by atoms with Crippen molar-refractivity contribution in [1.82, 2.24) is 19.3 Å². The van der Waals surface area contributed by atoms with Crippen LogP contribution < -0.4 is 5.32 Å². The Hall–Kier alpha value is -2.11. The average Bonchev–Trinajstić information content (AvgIpc) is 2.96. The number of amides is 1. The minimum atomic E-state index is -0.185. The van der Waals surface area contributed by atoms with Crippen LogP contribution in [-0.2, 0) is 13.6 Å². The first kappa shape index (κ1) is 13.3. The molecule has 19 heavy (non-hydrogen) atoms. The van der Waals surface area contributed by atoms with Gasteiger partial charge in [0.15, 0.2) is 0 Å². The van der Waals surface area contributed by atoms with Gasteiger partial charge >= 0.3 is 0 Å². The molecule has 6 nitrogen and oxygen atoms in total. The lowest BCUT2D eigenvalue weighted by molar-refractivity contribution is 0.101. The molecule has 0 saturated heterocycles. The molecule has 102 valence electrons. The molecule has 0 saturated carbocycles. The standard InChI is InChI=1S/C13H19N5O/c1-5-18-11(8-10(16-18)9(2)3)12(19)15-13-14-6-7-17(13)4/h6-9H,5H2,1-4H3,(H,14,15,19). The van der Waals surface area contributed by atoms with Gasteiger partial charge in [0.05, 0.1) is 5.69 Å². The molecule has 1 amide bonds. The van der Waals surface area contributed by atoms with Crippen LogP contribution in [0.2, 0.25) is 0 Å². The first-order chi connectivity index (χ1) is 9.02. The fourth-order valence-corrected chi connectivity index (χ4v) is 1.79. The fraction of sp³-hybridized carbons (Fsp3) is 0.462. The van der Waals surface area contributed by atoms with E-state index in [0.717, 1.165) is 5.69 Å². The van der Waals surface area contributed by atoms with Crippen molar-refractivity contribution in [1.29, 1.82) is 0 Å². The molecular formula is C13H19N5O. The summed E-state index contributed by atoms with van der Waals surface area (Å²) in [5, 5.41) is 7.22. The Labute approximate surface area is 112 Å². The van der Waals surface area contributed by atoms with Crippen LogP contribution in [0.15, 0.2) is 18.5 Å². The summed E-state index contributed by atoms with van der Waals surface area (Å²) in [4.78, 5) is 16.3. The van der Waals surface area contributed by atoms with E-state index in [1.54, 1.807) is 21.6 Å². The van der Waals surface area contributed by atoms with Gasteiger partial charge in [-0.1, -0.05) is 13.8 Å². The van der Waals surface area contributed by atoms with Crippen LogP contribution in [0, 0.1) is 0 Å². The molecule has 0 spiro atoms. The van der Waals surface area contributed by atoms with Gasteiger partial charge in [0.1, 0.15) is 5.69 Å². The topological polar surface area (TPSA) is 64.7 Å². The third kappa shape index (κ3) is 2.67. The number of hydrogen-bond acceptors (Lipinski definition) is 3. The molecule has 0 atom stereocenters. The van der Waals surface area contributed by atoms with Crippen LogP contribution in [0.4, 0.5) is 5.95 Å². The molecule has 0 aliphatic carbocycles. The van der Waals surface area contributed by atoms with Gasteiger partial charge in [0, 0.05) is 26.0 Å². The number of aromatic nitrogens is 4. The lowest BCUT2D eigenvalue weighted by atomic mass is 10.1. The molecule has 0 fully saturated rings. The van der Waals surface area contributed by atoms with E-state index in [2.05, 4.69) is 29.2 Å². The van der Waals surface area contributed by atoms with Crippen LogP contribution >= 0.6 is 0 Å². The molecule has 1 N–H and O–H groups in total. The Bertz CT molecular complexity index is 582. The van der Waals surface area contributed by atoms with Crippen molar-refractivity contribution in [2.24, 2.45) is 7.05 Å². The van der Waals surface area contributed by atoms with Crippen molar-refractivity contribution in [3.05, 3.63) is 29.8 Å². The Balaban J connectivity index is 2.25. The number of carbonyl (C=O) groups excluding carboxylic acids is 1. The predicted molar refractivity (Wildman–Crippen MR) is 73.2 cm³/mol. The largest absolute Gasteiger partial charge is 0.320 e. The maximum atomic E-state index is 12.3. The molecule has 0 radical (unpaired) electrons. The van der Waals surface area contributed by atoms with Gasteiger partial charge in [-0.3, -0.25) is 14.8 Å². The molecule has 0 aromatic carbocycles. The number of hydrogen-bond donors (Lipinski definition) is 1. The Kier molecular flexibility index (Phi) is 3.69. The highest BCUT2D eigenvalue weighted by Crippen LogP contribution is 2.15. The third-order valence-corrected chi connectivity index (χ3v) is 2.97. The highest BCUT2D eigenvalue weighted by atomic mass is 16.2. The van der Waals surface area contributed by atoms with Crippen LogP contribution in [0.1, 0.15) is 42.9 Å². The molecule has 6 heteroatoms. The molecule has 2 rings (SSSR count). The van der Waals surface area contributed by atoms with E-state index in [0.29, 0.717) is 24.1 Å². The summed E-state index contributed by atoms with van der Waals surface area (Å²) in [6.07, 6.45) is 3.43. The van der Waals surface area contributed by atoms with E-state index in [1.165, 1.54) is 0 Å². The maximum Gasteiger partial charge on any atom is 0.276 e. The summed E-state index contributed by atoms with van der Waals surface area (Å²) in [5.74, 6) is 0.642. The molecule has 0 bridgehead atoms. The molecule has 0 aliphatic rings. The SMILES string of the molecule is CCn1nc(C(C)C)cc1C(=O)Nc1nccn1C. The molecule has 2 aromatic heterocycles. The minimum absolute atomic E-state index is 0.185. The Morgan fingerprint density at radius 3 is 2.74 bits per heavy atom. The molecule has 0 aliphatic heterocycles. The average molecular weight is 261 g/mol.